The van der Waals surface area contributed by atoms with Crippen molar-refractivity contribution >= 4 is 33.5 Å². The van der Waals surface area contributed by atoms with Crippen LogP contribution in [0.2, 0.25) is 0 Å². The monoisotopic (exact) mass is 387 g/mol. The molecule has 0 radical (unpaired) electrons. The molecule has 1 saturated heterocycles. The van der Waals surface area contributed by atoms with Crippen LogP contribution in [0.1, 0.15) is 56.5 Å². The number of carbonyl (C=O) groups is 2. The van der Waals surface area contributed by atoms with Gasteiger partial charge in [0.2, 0.25) is 0 Å². The van der Waals surface area contributed by atoms with Crippen molar-refractivity contribution in [2.24, 2.45) is 0 Å². The number of benzene rings is 1. The number of rotatable bonds is 4. The summed E-state index contributed by atoms with van der Waals surface area (Å²) in [5, 5.41) is 4.06. The van der Waals surface area contributed by atoms with Gasteiger partial charge >= 0.3 is 6.03 Å². The summed E-state index contributed by atoms with van der Waals surface area (Å²) in [6.45, 7) is 2.47. The average Bonchev–Trinajstić information content (AvgIpc) is 3.08. The third-order valence-electron chi connectivity index (χ3n) is 6.03. The Hall–Kier alpha value is -1.99. The number of para-hydroxylation sites is 1. The minimum absolute atomic E-state index is 0.0368. The van der Waals surface area contributed by atoms with Crippen molar-refractivity contribution in [1.82, 2.24) is 15.2 Å². The minimum Gasteiger partial charge on any atom is -0.323 e. The molecule has 144 valence electrons. The first-order chi connectivity index (χ1) is 13.0. The van der Waals surface area contributed by atoms with Crippen LogP contribution in [0, 0.1) is 0 Å². The first-order valence-electron chi connectivity index (χ1n) is 9.82. The van der Waals surface area contributed by atoms with Crippen LogP contribution in [0.3, 0.4) is 0 Å². The highest BCUT2D eigenvalue weighted by Gasteiger charge is 2.51. The van der Waals surface area contributed by atoms with Crippen molar-refractivity contribution in [2.75, 3.05) is 13.7 Å². The second-order valence-corrected chi connectivity index (χ2v) is 8.97. The molecule has 1 aromatic heterocycles. The molecule has 2 atom stereocenters. The molecule has 3 amide bonds. The molecule has 2 aliphatic rings. The van der Waals surface area contributed by atoms with E-state index in [4.69, 9.17) is 4.98 Å². The third kappa shape index (κ3) is 3.34. The number of imide groups is 1. The number of thiazole rings is 1. The van der Waals surface area contributed by atoms with Gasteiger partial charge in [0, 0.05) is 0 Å². The second-order valence-electron chi connectivity index (χ2n) is 7.91. The molecule has 1 unspecified atom stereocenters. The van der Waals surface area contributed by atoms with Crippen LogP contribution in [0.4, 0.5) is 4.79 Å². The summed E-state index contributed by atoms with van der Waals surface area (Å²) in [5.74, 6) is -0.0368. The Balaban J connectivity index is 1.49. The van der Waals surface area contributed by atoms with Gasteiger partial charge in [0.15, 0.2) is 11.7 Å². The number of hydrogen-bond acceptors (Lipinski definition) is 4. The molecule has 1 spiro atoms. The Kier molecular flexibility index (Phi) is 4.90. The van der Waals surface area contributed by atoms with Crippen LogP contribution in [-0.4, -0.2) is 41.1 Å². The number of fused-ring (bicyclic) bond motifs is 1. The molecular weight excluding hydrogens is 360 g/mol. The van der Waals surface area contributed by atoms with E-state index < -0.39 is 5.54 Å². The fraction of sp³-hybridized carbons (Fsp3) is 0.550. The van der Waals surface area contributed by atoms with Crippen molar-refractivity contribution in [2.45, 2.75) is 57.0 Å². The van der Waals surface area contributed by atoms with Crippen molar-refractivity contribution in [3.63, 3.8) is 0 Å². The van der Waals surface area contributed by atoms with Gasteiger partial charge in [0.1, 0.15) is 11.6 Å². The summed E-state index contributed by atoms with van der Waals surface area (Å²) >= 11 is 1.68. The molecule has 1 aromatic carbocycles. The number of urea groups is 1. The summed E-state index contributed by atoms with van der Waals surface area (Å²) < 4.78 is 1.17. The number of hydrogen-bond donors (Lipinski definition) is 2. The number of carbonyl (C=O) groups excluding carboxylic acids is 2. The normalized spacial score (nSPS) is 22.1. The van der Waals surface area contributed by atoms with Gasteiger partial charge in [-0.15, -0.1) is 11.3 Å². The van der Waals surface area contributed by atoms with Crippen LogP contribution in [-0.2, 0) is 4.79 Å². The highest BCUT2D eigenvalue weighted by atomic mass is 32.1. The zero-order chi connectivity index (χ0) is 19.0. The van der Waals surface area contributed by atoms with Gasteiger partial charge in [-0.2, -0.15) is 0 Å². The van der Waals surface area contributed by atoms with Gasteiger partial charge in [0.05, 0.1) is 17.3 Å². The van der Waals surface area contributed by atoms with Crippen LogP contribution >= 0.6 is 11.3 Å². The largest absolute Gasteiger partial charge is 0.329 e. The van der Waals surface area contributed by atoms with Gasteiger partial charge < -0.3 is 10.2 Å². The SMILES string of the molecule is C[C@@H](c1nc2ccccc2s1)[NH+](C)CN1C(=O)NC2(CCCCCC2)C1=O. The van der Waals surface area contributed by atoms with Crippen LogP contribution < -0.4 is 10.2 Å². The zero-order valence-corrected chi connectivity index (χ0v) is 16.8. The number of amides is 3. The first-order valence-corrected chi connectivity index (χ1v) is 10.6. The average molecular weight is 388 g/mol. The molecular formula is C20H27N4O2S+. The van der Waals surface area contributed by atoms with Crippen LogP contribution in [0.5, 0.6) is 0 Å². The van der Waals surface area contributed by atoms with Crippen molar-refractivity contribution < 1.29 is 14.5 Å². The second kappa shape index (κ2) is 7.20. The summed E-state index contributed by atoms with van der Waals surface area (Å²) in [6.07, 6.45) is 5.83. The number of quaternary nitrogens is 1. The molecule has 2 fully saturated rings. The Bertz CT molecular complexity index is 824. The van der Waals surface area contributed by atoms with Gasteiger partial charge in [-0.05, 0) is 31.9 Å². The summed E-state index contributed by atoms with van der Waals surface area (Å²) in [4.78, 5) is 32.9. The molecule has 0 bridgehead atoms. The fourth-order valence-corrected chi connectivity index (χ4v) is 5.28. The fourth-order valence-electron chi connectivity index (χ4n) is 4.16. The summed E-state index contributed by atoms with van der Waals surface area (Å²) in [7, 11) is 2.02. The van der Waals surface area contributed by atoms with Gasteiger partial charge in [-0.1, -0.05) is 37.8 Å². The van der Waals surface area contributed by atoms with Gasteiger partial charge in [0.25, 0.3) is 5.91 Å². The minimum atomic E-state index is -0.660. The van der Waals surface area contributed by atoms with E-state index in [1.54, 1.807) is 11.3 Å². The molecule has 4 rings (SSSR count). The van der Waals surface area contributed by atoms with Crippen molar-refractivity contribution in [1.29, 1.82) is 0 Å². The summed E-state index contributed by atoms with van der Waals surface area (Å²) in [5.41, 5.74) is 0.344. The van der Waals surface area contributed by atoms with Crippen molar-refractivity contribution in [3.8, 4) is 0 Å². The van der Waals surface area contributed by atoms with E-state index in [-0.39, 0.29) is 18.0 Å². The Morgan fingerprint density at radius 1 is 1.22 bits per heavy atom. The quantitative estimate of drug-likeness (QED) is 0.792. The van der Waals surface area contributed by atoms with E-state index in [9.17, 15) is 9.59 Å². The predicted octanol–water partition coefficient (Wildman–Crippen LogP) is 2.47. The molecule has 2 N–H and O–H groups in total. The maximum Gasteiger partial charge on any atom is 0.329 e. The highest BCUT2D eigenvalue weighted by molar-refractivity contribution is 7.18. The lowest BCUT2D eigenvalue weighted by molar-refractivity contribution is -0.917. The molecule has 6 nitrogen and oxygen atoms in total. The Labute approximate surface area is 163 Å². The molecule has 1 saturated carbocycles. The van der Waals surface area contributed by atoms with Crippen LogP contribution in [0.25, 0.3) is 10.2 Å². The molecule has 1 aliphatic carbocycles. The van der Waals surface area contributed by atoms with E-state index in [1.165, 1.54) is 9.60 Å². The van der Waals surface area contributed by atoms with E-state index in [0.717, 1.165) is 53.9 Å². The van der Waals surface area contributed by atoms with E-state index >= 15 is 0 Å². The maximum atomic E-state index is 13.1. The first kappa shape index (κ1) is 18.4. The van der Waals surface area contributed by atoms with Crippen LogP contribution in [0.15, 0.2) is 24.3 Å². The smallest absolute Gasteiger partial charge is 0.323 e. The number of nitrogens with zero attached hydrogens (tertiary/aromatic N) is 2. The molecule has 27 heavy (non-hydrogen) atoms. The van der Waals surface area contributed by atoms with Crippen molar-refractivity contribution in [3.05, 3.63) is 29.3 Å². The molecule has 1 aliphatic heterocycles. The Morgan fingerprint density at radius 3 is 2.63 bits per heavy atom. The molecule has 2 heterocycles. The topological polar surface area (TPSA) is 66.7 Å². The van der Waals surface area contributed by atoms with Gasteiger partial charge in [-0.3, -0.25) is 4.79 Å². The predicted molar refractivity (Wildman–Crippen MR) is 106 cm³/mol. The van der Waals surface area contributed by atoms with E-state index in [2.05, 4.69) is 18.3 Å². The molecule has 2 aromatic rings. The third-order valence-corrected chi connectivity index (χ3v) is 7.25. The number of nitrogens with one attached hydrogen (secondary N) is 2. The maximum absolute atomic E-state index is 13.1. The highest BCUT2D eigenvalue weighted by Crippen LogP contribution is 2.32. The van der Waals surface area contributed by atoms with E-state index in [0.29, 0.717) is 6.67 Å². The standard InChI is InChI=1S/C20H26N4O2S/c1-14(17-21-15-9-5-6-10-16(15)27-17)23(2)13-24-18(25)20(22-19(24)26)11-7-3-4-8-12-20/h5-6,9-10,14H,3-4,7-8,11-13H2,1-2H3,(H,22,26)/p+1/t14-/m0/s1. The zero-order valence-electron chi connectivity index (χ0n) is 16.0. The number of aromatic nitrogens is 1. The lowest BCUT2D eigenvalue weighted by Gasteiger charge is -2.26. The van der Waals surface area contributed by atoms with Gasteiger partial charge in [-0.25, -0.2) is 14.7 Å². The Morgan fingerprint density at radius 2 is 1.93 bits per heavy atom. The lowest BCUT2D eigenvalue weighted by Crippen LogP contribution is -3.10. The lowest BCUT2D eigenvalue weighted by atomic mass is 9.90. The molecule has 7 heteroatoms. The van der Waals surface area contributed by atoms with E-state index in [1.807, 2.05) is 25.2 Å². The summed E-state index contributed by atoms with van der Waals surface area (Å²) in [6, 6.07) is 7.97.